The van der Waals surface area contributed by atoms with Crippen molar-refractivity contribution in [2.75, 3.05) is 0 Å². The third kappa shape index (κ3) is 3.20. The number of benzene rings is 2. The number of H-pyrrole nitrogens is 1. The molecule has 0 saturated heterocycles. The first-order valence-electron chi connectivity index (χ1n) is 9.66. The van der Waals surface area contributed by atoms with Crippen LogP contribution in [0.4, 0.5) is 0 Å². The first-order valence-corrected chi connectivity index (χ1v) is 10.5. The molecule has 4 heteroatoms. The summed E-state index contributed by atoms with van der Waals surface area (Å²) in [5, 5.41) is 0.809. The molecule has 2 aromatic carbocycles. The van der Waals surface area contributed by atoms with Gasteiger partial charge < -0.3 is 4.98 Å². The highest BCUT2D eigenvalue weighted by molar-refractivity contribution is 7.18. The number of hydrogen-bond donors (Lipinski definition) is 1. The van der Waals surface area contributed by atoms with Gasteiger partial charge in [-0.1, -0.05) is 60.7 Å². The molecule has 0 fully saturated rings. The zero-order valence-corrected chi connectivity index (χ0v) is 16.3. The molecule has 138 valence electrons. The van der Waals surface area contributed by atoms with E-state index in [4.69, 9.17) is 4.98 Å². The monoisotopic (exact) mass is 384 g/mol. The summed E-state index contributed by atoms with van der Waals surface area (Å²) in [4.78, 5) is 22.5. The van der Waals surface area contributed by atoms with Gasteiger partial charge in [0.1, 0.15) is 10.7 Å². The minimum Gasteiger partial charge on any atom is -0.306 e. The number of nitrogens with zero attached hydrogens (tertiary/aromatic N) is 1. The highest BCUT2D eigenvalue weighted by Crippen LogP contribution is 2.33. The quantitative estimate of drug-likeness (QED) is 0.492. The number of aromatic nitrogens is 2. The number of aromatic amines is 1. The Labute approximate surface area is 167 Å². The SMILES string of the molecule is O=c1[nH]c(C=Cc2ccc(-c3ccccc3)cc2)nc2sc3c(c12)CCCC3. The molecule has 0 spiro atoms. The van der Waals surface area contributed by atoms with Gasteiger partial charge in [-0.15, -0.1) is 11.3 Å². The number of rotatable bonds is 3. The number of nitrogens with one attached hydrogen (secondary N) is 1. The van der Waals surface area contributed by atoms with Gasteiger partial charge in [-0.2, -0.15) is 0 Å². The molecule has 2 aromatic heterocycles. The van der Waals surface area contributed by atoms with Gasteiger partial charge in [0.05, 0.1) is 5.39 Å². The molecule has 0 atom stereocenters. The highest BCUT2D eigenvalue weighted by Gasteiger charge is 2.19. The van der Waals surface area contributed by atoms with E-state index in [1.54, 1.807) is 11.3 Å². The Kier molecular flexibility index (Phi) is 4.41. The van der Waals surface area contributed by atoms with Crippen molar-refractivity contribution in [1.82, 2.24) is 9.97 Å². The zero-order valence-electron chi connectivity index (χ0n) is 15.4. The van der Waals surface area contributed by atoms with Crippen LogP contribution in [0.2, 0.25) is 0 Å². The molecular weight excluding hydrogens is 364 g/mol. The highest BCUT2D eigenvalue weighted by atomic mass is 32.1. The van der Waals surface area contributed by atoms with Gasteiger partial charge in [0, 0.05) is 4.88 Å². The maximum atomic E-state index is 12.6. The molecule has 1 N–H and O–H groups in total. The second-order valence-corrected chi connectivity index (χ2v) is 8.25. The smallest absolute Gasteiger partial charge is 0.260 e. The van der Waals surface area contributed by atoms with Gasteiger partial charge in [0.15, 0.2) is 0 Å². The summed E-state index contributed by atoms with van der Waals surface area (Å²) < 4.78 is 0. The van der Waals surface area contributed by atoms with Crippen molar-refractivity contribution in [2.24, 2.45) is 0 Å². The van der Waals surface area contributed by atoms with E-state index in [-0.39, 0.29) is 5.56 Å². The third-order valence-corrected chi connectivity index (χ3v) is 6.48. The van der Waals surface area contributed by atoms with Crippen molar-refractivity contribution in [3.8, 4) is 11.1 Å². The zero-order chi connectivity index (χ0) is 18.9. The number of aryl methyl sites for hydroxylation is 2. The summed E-state index contributed by atoms with van der Waals surface area (Å²) in [6.07, 6.45) is 8.34. The van der Waals surface area contributed by atoms with E-state index in [0.29, 0.717) is 5.82 Å². The van der Waals surface area contributed by atoms with E-state index >= 15 is 0 Å². The van der Waals surface area contributed by atoms with Crippen molar-refractivity contribution >= 4 is 33.7 Å². The largest absolute Gasteiger partial charge is 0.306 e. The Morgan fingerprint density at radius 2 is 1.64 bits per heavy atom. The van der Waals surface area contributed by atoms with Crippen LogP contribution < -0.4 is 5.56 Å². The molecule has 5 rings (SSSR count). The molecule has 1 aliphatic carbocycles. The van der Waals surface area contributed by atoms with Gasteiger partial charge in [-0.3, -0.25) is 4.79 Å². The van der Waals surface area contributed by atoms with Crippen LogP contribution in [0.25, 0.3) is 33.5 Å². The summed E-state index contributed by atoms with van der Waals surface area (Å²) in [6.45, 7) is 0. The van der Waals surface area contributed by atoms with Crippen molar-refractivity contribution in [2.45, 2.75) is 25.7 Å². The Hall–Kier alpha value is -2.98. The second kappa shape index (κ2) is 7.21. The molecule has 3 nitrogen and oxygen atoms in total. The molecule has 0 radical (unpaired) electrons. The minimum absolute atomic E-state index is 0.0107. The molecular formula is C24H20N2OS. The normalized spacial score (nSPS) is 13.9. The fraction of sp³-hybridized carbons (Fsp3) is 0.167. The van der Waals surface area contributed by atoms with Gasteiger partial charge in [-0.25, -0.2) is 4.98 Å². The Morgan fingerprint density at radius 1 is 0.893 bits per heavy atom. The summed E-state index contributed by atoms with van der Waals surface area (Å²) in [5.74, 6) is 0.614. The van der Waals surface area contributed by atoms with Gasteiger partial charge in [0.25, 0.3) is 5.56 Å². The average Bonchev–Trinajstić information content (AvgIpc) is 3.12. The van der Waals surface area contributed by atoms with E-state index in [9.17, 15) is 4.79 Å². The fourth-order valence-electron chi connectivity index (χ4n) is 3.85. The first-order chi connectivity index (χ1) is 13.8. The molecule has 0 aliphatic heterocycles. The fourth-order valence-corrected chi connectivity index (χ4v) is 5.12. The summed E-state index contributed by atoms with van der Waals surface area (Å²) >= 11 is 1.68. The molecule has 0 amide bonds. The topological polar surface area (TPSA) is 45.8 Å². The predicted octanol–water partition coefficient (Wildman–Crippen LogP) is 5.70. The lowest BCUT2D eigenvalue weighted by molar-refractivity contribution is 0.700. The molecule has 1 aliphatic rings. The molecule has 4 aromatic rings. The predicted molar refractivity (Wildman–Crippen MR) is 118 cm³/mol. The molecule has 28 heavy (non-hydrogen) atoms. The number of hydrogen-bond acceptors (Lipinski definition) is 3. The van der Waals surface area contributed by atoms with Crippen LogP contribution in [0.1, 0.15) is 34.7 Å². The molecule has 0 unspecified atom stereocenters. The van der Waals surface area contributed by atoms with Crippen molar-refractivity contribution in [3.63, 3.8) is 0 Å². The van der Waals surface area contributed by atoms with E-state index in [2.05, 4.69) is 41.4 Å². The van der Waals surface area contributed by atoms with Crippen LogP contribution in [0.3, 0.4) is 0 Å². The van der Waals surface area contributed by atoms with Crippen LogP contribution in [-0.4, -0.2) is 9.97 Å². The third-order valence-electron chi connectivity index (χ3n) is 5.29. The maximum Gasteiger partial charge on any atom is 0.260 e. The first kappa shape index (κ1) is 17.1. The van der Waals surface area contributed by atoms with Crippen LogP contribution in [0.5, 0.6) is 0 Å². The van der Waals surface area contributed by atoms with Crippen molar-refractivity contribution < 1.29 is 0 Å². The second-order valence-electron chi connectivity index (χ2n) is 7.16. The van der Waals surface area contributed by atoms with Gasteiger partial charge >= 0.3 is 0 Å². The maximum absolute atomic E-state index is 12.6. The Morgan fingerprint density at radius 3 is 2.46 bits per heavy atom. The van der Waals surface area contributed by atoms with Crippen LogP contribution in [-0.2, 0) is 12.8 Å². The summed E-state index contributed by atoms with van der Waals surface area (Å²) in [6, 6.07) is 18.7. The lowest BCUT2D eigenvalue weighted by Gasteiger charge is -2.09. The Bertz CT molecular complexity index is 1220. The lowest BCUT2D eigenvalue weighted by Crippen LogP contribution is -2.11. The average molecular weight is 385 g/mol. The van der Waals surface area contributed by atoms with E-state index in [1.807, 2.05) is 30.4 Å². The van der Waals surface area contributed by atoms with E-state index in [0.717, 1.165) is 28.6 Å². The van der Waals surface area contributed by atoms with Crippen molar-refractivity contribution in [3.05, 3.63) is 86.8 Å². The minimum atomic E-state index is -0.0107. The number of fused-ring (bicyclic) bond motifs is 3. The van der Waals surface area contributed by atoms with Crippen LogP contribution in [0.15, 0.2) is 59.4 Å². The molecule has 0 bridgehead atoms. The van der Waals surface area contributed by atoms with Crippen molar-refractivity contribution in [1.29, 1.82) is 0 Å². The molecule has 2 heterocycles. The van der Waals surface area contributed by atoms with Gasteiger partial charge in [0.2, 0.25) is 0 Å². The summed E-state index contributed by atoms with van der Waals surface area (Å²) in [5.41, 5.74) is 4.69. The van der Waals surface area contributed by atoms with Crippen LogP contribution in [0, 0.1) is 0 Å². The Balaban J connectivity index is 1.43. The van der Waals surface area contributed by atoms with E-state index < -0.39 is 0 Å². The van der Waals surface area contributed by atoms with Crippen LogP contribution >= 0.6 is 11.3 Å². The van der Waals surface area contributed by atoms with E-state index in [1.165, 1.54) is 34.4 Å². The van der Waals surface area contributed by atoms with Gasteiger partial charge in [-0.05, 0) is 54.0 Å². The lowest BCUT2D eigenvalue weighted by atomic mass is 9.97. The number of thiophene rings is 1. The molecule has 0 saturated carbocycles. The standard InChI is InChI=1S/C24H20N2OS/c27-23-22-19-8-4-5-9-20(19)28-24(22)26-21(25-23)15-12-16-10-13-18(14-11-16)17-6-2-1-3-7-17/h1-3,6-7,10-15H,4-5,8-9H2,(H,25,26,27). The summed E-state index contributed by atoms with van der Waals surface area (Å²) in [7, 11) is 0.